The maximum atomic E-state index is 11.7. The van der Waals surface area contributed by atoms with E-state index in [-0.39, 0.29) is 12.8 Å². The predicted molar refractivity (Wildman–Crippen MR) is 56.7 cm³/mol. The summed E-state index contributed by atoms with van der Waals surface area (Å²) in [6.45, 7) is 3.61. The van der Waals surface area contributed by atoms with Crippen LogP contribution >= 0.6 is 7.37 Å². The lowest BCUT2D eigenvalue weighted by Crippen LogP contribution is -2.26. The van der Waals surface area contributed by atoms with E-state index in [0.717, 1.165) is 12.8 Å². The zero-order valence-electron chi connectivity index (χ0n) is 9.19. The number of rotatable bonds is 7. The summed E-state index contributed by atoms with van der Waals surface area (Å²) in [5.41, 5.74) is 0. The fourth-order valence-electron chi connectivity index (χ4n) is 1.14. The molecule has 14 heavy (non-hydrogen) atoms. The minimum Gasteiger partial charge on any atom is -0.384 e. The fraction of sp³-hybridized carbons (Fsp3) is 1.00. The van der Waals surface area contributed by atoms with Crippen LogP contribution in [0.3, 0.4) is 0 Å². The van der Waals surface area contributed by atoms with Crippen molar-refractivity contribution in [1.29, 1.82) is 0 Å². The molecular weight excluding hydrogens is 203 g/mol. The highest BCUT2D eigenvalue weighted by molar-refractivity contribution is 7.59. The van der Waals surface area contributed by atoms with Gasteiger partial charge in [-0.25, -0.2) is 0 Å². The van der Waals surface area contributed by atoms with Crippen molar-refractivity contribution in [2.24, 2.45) is 0 Å². The first kappa shape index (κ1) is 14.1. The summed E-state index contributed by atoms with van der Waals surface area (Å²) in [6, 6.07) is 0. The second-order valence-electron chi connectivity index (χ2n) is 3.74. The van der Waals surface area contributed by atoms with Crippen molar-refractivity contribution in [1.82, 2.24) is 0 Å². The van der Waals surface area contributed by atoms with Gasteiger partial charge in [0.25, 0.3) is 0 Å². The van der Waals surface area contributed by atoms with E-state index in [1.165, 1.54) is 14.0 Å². The molecule has 0 aliphatic carbocycles. The molecule has 5 heteroatoms. The predicted octanol–water partition coefficient (Wildman–Crippen LogP) is 1.80. The van der Waals surface area contributed by atoms with E-state index >= 15 is 0 Å². The van der Waals surface area contributed by atoms with Crippen LogP contribution < -0.4 is 0 Å². The molecule has 2 unspecified atom stereocenters. The molecule has 0 aromatic rings. The van der Waals surface area contributed by atoms with Crippen molar-refractivity contribution in [2.75, 3.05) is 19.9 Å². The fourth-order valence-corrected chi connectivity index (χ4v) is 2.56. The molecule has 0 saturated carbocycles. The summed E-state index contributed by atoms with van der Waals surface area (Å²) < 4.78 is 16.5. The second kappa shape index (κ2) is 5.86. The Labute approximate surface area is 85.7 Å². The van der Waals surface area contributed by atoms with Crippen molar-refractivity contribution in [3.63, 3.8) is 0 Å². The van der Waals surface area contributed by atoms with E-state index in [2.05, 4.69) is 0 Å². The zero-order valence-corrected chi connectivity index (χ0v) is 10.1. The number of hydrogen-bond donors (Lipinski definition) is 2. The van der Waals surface area contributed by atoms with Gasteiger partial charge in [-0.3, -0.25) is 4.57 Å². The summed E-state index contributed by atoms with van der Waals surface area (Å²) in [4.78, 5) is 9.63. The molecule has 0 heterocycles. The van der Waals surface area contributed by atoms with Gasteiger partial charge in [0.1, 0.15) is 5.34 Å². The Bertz CT molecular complexity index is 203. The van der Waals surface area contributed by atoms with Gasteiger partial charge in [0, 0.05) is 7.11 Å². The maximum absolute atomic E-state index is 11.7. The van der Waals surface area contributed by atoms with Gasteiger partial charge in [-0.15, -0.1) is 0 Å². The Morgan fingerprint density at radius 3 is 2.50 bits per heavy atom. The first-order valence-corrected chi connectivity index (χ1v) is 6.75. The standard InChI is InChI=1S/C9H21O4P/c1-4-5-6-9(2,10)14(11,12)8-7-13-3/h10H,4-8H2,1-3H3,(H,11,12). The van der Waals surface area contributed by atoms with E-state index in [0.29, 0.717) is 6.42 Å². The van der Waals surface area contributed by atoms with E-state index in [4.69, 9.17) is 4.74 Å². The van der Waals surface area contributed by atoms with E-state index in [9.17, 15) is 14.6 Å². The Morgan fingerprint density at radius 2 is 2.07 bits per heavy atom. The Balaban J connectivity index is 4.28. The molecular formula is C9H21O4P. The van der Waals surface area contributed by atoms with Crippen LogP contribution in [0.4, 0.5) is 0 Å². The van der Waals surface area contributed by atoms with Gasteiger partial charge in [0.05, 0.1) is 12.8 Å². The first-order chi connectivity index (χ1) is 6.37. The number of ether oxygens (including phenoxy) is 1. The van der Waals surface area contributed by atoms with Crippen LogP contribution in [0.25, 0.3) is 0 Å². The minimum atomic E-state index is -3.51. The molecule has 0 radical (unpaired) electrons. The highest BCUT2D eigenvalue weighted by Gasteiger charge is 2.40. The third-order valence-electron chi connectivity index (χ3n) is 2.36. The lowest BCUT2D eigenvalue weighted by atomic mass is 10.2. The van der Waals surface area contributed by atoms with Crippen LogP contribution in [-0.4, -0.2) is 35.2 Å². The topological polar surface area (TPSA) is 66.8 Å². The molecule has 0 rings (SSSR count). The molecule has 0 spiro atoms. The summed E-state index contributed by atoms with van der Waals surface area (Å²) >= 11 is 0. The van der Waals surface area contributed by atoms with Gasteiger partial charge in [-0.1, -0.05) is 19.8 Å². The summed E-state index contributed by atoms with van der Waals surface area (Å²) in [7, 11) is -2.04. The second-order valence-corrected chi connectivity index (χ2v) is 6.55. The van der Waals surface area contributed by atoms with Crippen molar-refractivity contribution in [2.45, 2.75) is 38.5 Å². The van der Waals surface area contributed by atoms with Crippen LogP contribution in [0, 0.1) is 0 Å². The van der Waals surface area contributed by atoms with Crippen LogP contribution in [0.1, 0.15) is 33.1 Å². The molecule has 2 N–H and O–H groups in total. The average molecular weight is 224 g/mol. The largest absolute Gasteiger partial charge is 0.384 e. The van der Waals surface area contributed by atoms with Crippen LogP contribution in [-0.2, 0) is 9.30 Å². The summed E-state index contributed by atoms with van der Waals surface area (Å²) in [5, 5.41) is 8.36. The molecule has 4 nitrogen and oxygen atoms in total. The quantitative estimate of drug-likeness (QED) is 0.647. The lowest BCUT2D eigenvalue weighted by molar-refractivity contribution is 0.113. The monoisotopic (exact) mass is 224 g/mol. The highest BCUT2D eigenvalue weighted by Crippen LogP contribution is 2.54. The SMILES string of the molecule is CCCCC(C)(O)P(=O)(O)CCOC. The first-order valence-electron chi connectivity index (χ1n) is 4.90. The number of unbranched alkanes of at least 4 members (excludes halogenated alkanes) is 1. The Kier molecular flexibility index (Phi) is 5.91. The molecule has 2 atom stereocenters. The number of hydrogen-bond acceptors (Lipinski definition) is 3. The van der Waals surface area contributed by atoms with Gasteiger partial charge < -0.3 is 14.7 Å². The molecule has 0 aromatic carbocycles. The molecule has 0 fully saturated rings. The minimum absolute atomic E-state index is 0.0141. The van der Waals surface area contributed by atoms with Gasteiger partial charge >= 0.3 is 0 Å². The summed E-state index contributed by atoms with van der Waals surface area (Å²) in [5.74, 6) is 0. The van der Waals surface area contributed by atoms with Crippen molar-refractivity contribution < 1.29 is 19.3 Å². The van der Waals surface area contributed by atoms with Crippen molar-refractivity contribution in [3.05, 3.63) is 0 Å². The third kappa shape index (κ3) is 4.09. The number of methoxy groups -OCH3 is 1. The third-order valence-corrected chi connectivity index (χ3v) is 4.87. The van der Waals surface area contributed by atoms with Gasteiger partial charge in [0.2, 0.25) is 7.37 Å². The van der Waals surface area contributed by atoms with Crippen molar-refractivity contribution in [3.8, 4) is 0 Å². The maximum Gasteiger partial charge on any atom is 0.233 e. The van der Waals surface area contributed by atoms with E-state index < -0.39 is 12.7 Å². The van der Waals surface area contributed by atoms with Crippen LogP contribution in [0.15, 0.2) is 0 Å². The molecule has 0 saturated heterocycles. The van der Waals surface area contributed by atoms with Crippen LogP contribution in [0.5, 0.6) is 0 Å². The lowest BCUT2D eigenvalue weighted by Gasteiger charge is -2.28. The molecule has 0 aliphatic rings. The normalized spacial score (nSPS) is 20.1. The van der Waals surface area contributed by atoms with Gasteiger partial charge in [-0.2, -0.15) is 0 Å². The average Bonchev–Trinajstić information content (AvgIpc) is 2.11. The van der Waals surface area contributed by atoms with Gasteiger partial charge in [-0.05, 0) is 13.3 Å². The summed E-state index contributed by atoms with van der Waals surface area (Å²) in [6.07, 6.45) is 2.03. The van der Waals surface area contributed by atoms with Gasteiger partial charge in [0.15, 0.2) is 0 Å². The van der Waals surface area contributed by atoms with E-state index in [1.807, 2.05) is 6.92 Å². The Hall–Kier alpha value is 0.110. The number of aliphatic hydroxyl groups is 1. The van der Waals surface area contributed by atoms with Crippen LogP contribution in [0.2, 0.25) is 0 Å². The molecule has 0 bridgehead atoms. The molecule has 0 aromatic heterocycles. The molecule has 86 valence electrons. The smallest absolute Gasteiger partial charge is 0.233 e. The molecule has 0 amide bonds. The van der Waals surface area contributed by atoms with E-state index in [1.54, 1.807) is 0 Å². The Morgan fingerprint density at radius 1 is 1.50 bits per heavy atom. The highest BCUT2D eigenvalue weighted by atomic mass is 31.2. The zero-order chi connectivity index (χ0) is 11.2. The molecule has 0 aliphatic heterocycles. The van der Waals surface area contributed by atoms with Crippen molar-refractivity contribution >= 4 is 7.37 Å².